The first kappa shape index (κ1) is 12.9. The average molecular weight is 247 g/mol. The highest BCUT2D eigenvalue weighted by Crippen LogP contribution is 2.34. The second kappa shape index (κ2) is 5.85. The predicted molar refractivity (Wildman–Crippen MR) is 72.4 cm³/mol. The van der Waals surface area contributed by atoms with E-state index in [1.165, 1.54) is 0 Å². The Hall–Kier alpha value is -1.58. The molecule has 0 radical (unpaired) electrons. The number of hydrogen-bond acceptors (Lipinski definition) is 3. The quantitative estimate of drug-likeness (QED) is 0.813. The van der Waals surface area contributed by atoms with Crippen molar-refractivity contribution < 1.29 is 4.79 Å². The molecule has 0 spiro atoms. The zero-order chi connectivity index (χ0) is 13.0. The van der Waals surface area contributed by atoms with Gasteiger partial charge in [-0.2, -0.15) is 0 Å². The molecule has 98 valence electrons. The number of carbonyl (C=O) groups excluding carboxylic acids is 1. The molecule has 4 heteroatoms. The first-order valence-electron chi connectivity index (χ1n) is 6.68. The van der Waals surface area contributed by atoms with Crippen molar-refractivity contribution in [3.05, 3.63) is 23.9 Å². The molecule has 1 N–H and O–H groups in total. The molecule has 2 rings (SSSR count). The number of rotatable bonds is 5. The summed E-state index contributed by atoms with van der Waals surface area (Å²) in [5.41, 5.74) is 1.14. The fraction of sp³-hybridized carbons (Fsp3) is 0.571. The number of likely N-dealkylation sites (tertiary alicyclic amines) is 1. The molecule has 0 bridgehead atoms. The molecule has 2 heterocycles. The Morgan fingerprint density at radius 3 is 3.22 bits per heavy atom. The fourth-order valence-corrected chi connectivity index (χ4v) is 2.39. The molecular weight excluding hydrogens is 226 g/mol. The molecule has 1 aromatic rings. The minimum absolute atomic E-state index is 0.183. The fourth-order valence-electron chi connectivity index (χ4n) is 2.39. The summed E-state index contributed by atoms with van der Waals surface area (Å²) in [7, 11) is 0. The van der Waals surface area contributed by atoms with Crippen molar-refractivity contribution in [3.8, 4) is 0 Å². The Bertz CT molecular complexity index is 408. The van der Waals surface area contributed by atoms with Crippen LogP contribution in [-0.4, -0.2) is 28.9 Å². The summed E-state index contributed by atoms with van der Waals surface area (Å²) in [5.74, 6) is 0.922. The van der Waals surface area contributed by atoms with Crippen LogP contribution in [0.25, 0.3) is 0 Å². The number of carbonyl (C=O) groups is 1. The van der Waals surface area contributed by atoms with Crippen molar-refractivity contribution in [1.82, 2.24) is 9.88 Å². The number of aromatic nitrogens is 1. The van der Waals surface area contributed by atoms with Crippen molar-refractivity contribution in [3.63, 3.8) is 0 Å². The Balaban J connectivity index is 2.23. The van der Waals surface area contributed by atoms with Crippen LogP contribution in [0.15, 0.2) is 18.3 Å². The van der Waals surface area contributed by atoms with Gasteiger partial charge >= 0.3 is 0 Å². The average Bonchev–Trinajstić information content (AvgIpc) is 2.87. The Morgan fingerprint density at radius 2 is 2.50 bits per heavy atom. The van der Waals surface area contributed by atoms with E-state index in [0.717, 1.165) is 43.6 Å². The molecule has 2 atom stereocenters. The zero-order valence-electron chi connectivity index (χ0n) is 11.1. The number of pyridine rings is 1. The van der Waals surface area contributed by atoms with Crippen LogP contribution in [-0.2, 0) is 4.79 Å². The molecule has 18 heavy (non-hydrogen) atoms. The van der Waals surface area contributed by atoms with Crippen LogP contribution in [0.5, 0.6) is 0 Å². The Labute approximate surface area is 108 Å². The van der Waals surface area contributed by atoms with Gasteiger partial charge in [-0.05, 0) is 32.3 Å². The highest BCUT2D eigenvalue weighted by atomic mass is 16.1. The molecule has 0 saturated carbocycles. The highest BCUT2D eigenvalue weighted by Gasteiger charge is 2.27. The molecule has 0 unspecified atom stereocenters. The van der Waals surface area contributed by atoms with Crippen LogP contribution in [0, 0.1) is 0 Å². The standard InChI is InChI=1S/C14H21N3O/c1-3-11(2)16-14-12(6-4-8-15-14)13-7-5-9-17(13)10-18/h4,6,8,10-11,13H,3,5,7,9H2,1-2H3,(H,15,16)/t11-,13-/m0/s1. The van der Waals surface area contributed by atoms with Gasteiger partial charge in [0.1, 0.15) is 5.82 Å². The topological polar surface area (TPSA) is 45.2 Å². The number of nitrogens with zero attached hydrogens (tertiary/aromatic N) is 2. The molecular formula is C14H21N3O. The number of amides is 1. The number of anilines is 1. The molecule has 0 aliphatic carbocycles. The monoisotopic (exact) mass is 247 g/mol. The van der Waals surface area contributed by atoms with E-state index >= 15 is 0 Å². The second-order valence-electron chi connectivity index (χ2n) is 4.90. The molecule has 0 aromatic carbocycles. The highest BCUT2D eigenvalue weighted by molar-refractivity contribution is 5.53. The van der Waals surface area contributed by atoms with E-state index in [4.69, 9.17) is 0 Å². The first-order valence-corrected chi connectivity index (χ1v) is 6.68. The van der Waals surface area contributed by atoms with Crippen molar-refractivity contribution in [2.24, 2.45) is 0 Å². The summed E-state index contributed by atoms with van der Waals surface area (Å²) in [5, 5.41) is 3.43. The molecule has 4 nitrogen and oxygen atoms in total. The maximum absolute atomic E-state index is 11.1. The number of hydrogen-bond donors (Lipinski definition) is 1. The van der Waals surface area contributed by atoms with Crippen LogP contribution in [0.3, 0.4) is 0 Å². The van der Waals surface area contributed by atoms with Gasteiger partial charge in [0, 0.05) is 24.3 Å². The van der Waals surface area contributed by atoms with Gasteiger partial charge in [-0.15, -0.1) is 0 Å². The van der Waals surface area contributed by atoms with Crippen LogP contribution < -0.4 is 5.32 Å². The van der Waals surface area contributed by atoms with Crippen LogP contribution in [0.1, 0.15) is 44.7 Å². The van der Waals surface area contributed by atoms with E-state index in [2.05, 4.69) is 30.2 Å². The van der Waals surface area contributed by atoms with Crippen molar-refractivity contribution in [2.75, 3.05) is 11.9 Å². The lowest BCUT2D eigenvalue weighted by Crippen LogP contribution is -2.23. The van der Waals surface area contributed by atoms with E-state index < -0.39 is 0 Å². The molecule has 1 aliphatic heterocycles. The van der Waals surface area contributed by atoms with E-state index in [1.807, 2.05) is 11.0 Å². The third kappa shape index (κ3) is 2.63. The lowest BCUT2D eigenvalue weighted by atomic mass is 10.1. The third-order valence-corrected chi connectivity index (χ3v) is 3.62. The predicted octanol–water partition coefficient (Wildman–Crippen LogP) is 2.59. The Kier molecular flexibility index (Phi) is 4.18. The van der Waals surface area contributed by atoms with Crippen molar-refractivity contribution in [2.45, 2.75) is 45.2 Å². The summed E-state index contributed by atoms with van der Waals surface area (Å²) >= 11 is 0. The second-order valence-corrected chi connectivity index (χ2v) is 4.90. The Morgan fingerprint density at radius 1 is 1.67 bits per heavy atom. The van der Waals surface area contributed by atoms with Gasteiger partial charge < -0.3 is 10.2 Å². The molecule has 1 fully saturated rings. The maximum Gasteiger partial charge on any atom is 0.210 e. The van der Waals surface area contributed by atoms with Gasteiger partial charge in [0.2, 0.25) is 6.41 Å². The van der Waals surface area contributed by atoms with Gasteiger partial charge in [-0.3, -0.25) is 4.79 Å². The van der Waals surface area contributed by atoms with Crippen LogP contribution in [0.2, 0.25) is 0 Å². The molecule has 1 aromatic heterocycles. The molecule has 1 saturated heterocycles. The minimum Gasteiger partial charge on any atom is -0.367 e. The summed E-state index contributed by atoms with van der Waals surface area (Å²) in [6, 6.07) is 4.59. The lowest BCUT2D eigenvalue weighted by molar-refractivity contribution is -0.118. The largest absolute Gasteiger partial charge is 0.367 e. The van der Waals surface area contributed by atoms with E-state index in [-0.39, 0.29) is 6.04 Å². The SMILES string of the molecule is CC[C@H](C)Nc1ncccc1[C@@H]1CCCN1C=O. The van der Waals surface area contributed by atoms with E-state index in [9.17, 15) is 4.79 Å². The molecule has 1 aliphatic rings. The van der Waals surface area contributed by atoms with Gasteiger partial charge in [0.05, 0.1) is 6.04 Å². The normalized spacial score (nSPS) is 20.8. The molecule has 1 amide bonds. The third-order valence-electron chi connectivity index (χ3n) is 3.62. The zero-order valence-corrected chi connectivity index (χ0v) is 11.1. The summed E-state index contributed by atoms with van der Waals surface area (Å²) in [6.07, 6.45) is 5.91. The summed E-state index contributed by atoms with van der Waals surface area (Å²) in [6.45, 7) is 5.14. The van der Waals surface area contributed by atoms with Crippen molar-refractivity contribution in [1.29, 1.82) is 0 Å². The van der Waals surface area contributed by atoms with Gasteiger partial charge in [0.25, 0.3) is 0 Å². The summed E-state index contributed by atoms with van der Waals surface area (Å²) < 4.78 is 0. The minimum atomic E-state index is 0.183. The van der Waals surface area contributed by atoms with Gasteiger partial charge in [0.15, 0.2) is 0 Å². The first-order chi connectivity index (χ1) is 8.76. The van der Waals surface area contributed by atoms with Crippen LogP contribution in [0.4, 0.5) is 5.82 Å². The smallest absolute Gasteiger partial charge is 0.210 e. The van der Waals surface area contributed by atoms with Gasteiger partial charge in [-0.1, -0.05) is 13.0 Å². The van der Waals surface area contributed by atoms with Crippen molar-refractivity contribution >= 4 is 12.2 Å². The maximum atomic E-state index is 11.1. The number of nitrogens with one attached hydrogen (secondary N) is 1. The van der Waals surface area contributed by atoms with E-state index in [1.54, 1.807) is 6.20 Å². The van der Waals surface area contributed by atoms with E-state index in [0.29, 0.717) is 6.04 Å². The van der Waals surface area contributed by atoms with Crippen LogP contribution >= 0.6 is 0 Å². The van der Waals surface area contributed by atoms with Gasteiger partial charge in [-0.25, -0.2) is 4.98 Å². The lowest BCUT2D eigenvalue weighted by Gasteiger charge is -2.24. The summed E-state index contributed by atoms with van der Waals surface area (Å²) in [4.78, 5) is 17.4.